The predicted octanol–water partition coefficient (Wildman–Crippen LogP) is 5.08. The van der Waals surface area contributed by atoms with Gasteiger partial charge in [0.15, 0.2) is 17.7 Å². The van der Waals surface area contributed by atoms with Crippen molar-refractivity contribution in [2.45, 2.75) is 20.0 Å². The second-order valence-corrected chi connectivity index (χ2v) is 9.30. The monoisotopic (exact) mass is 496 g/mol. The number of carbonyl (C=O) groups is 4. The molecule has 5 rings (SSSR count). The number of nitrogens with zero attached hydrogens (tertiary/aromatic N) is 1. The van der Waals surface area contributed by atoms with Crippen molar-refractivity contribution in [1.29, 1.82) is 0 Å². The number of fused-ring (bicyclic) bond motifs is 2. The van der Waals surface area contributed by atoms with Crippen LogP contribution in [0.5, 0.6) is 0 Å². The number of nitrogens with one attached hydrogen (secondary N) is 1. The molecule has 4 aromatic rings. The number of benzene rings is 3. The molecule has 1 heterocycles. The van der Waals surface area contributed by atoms with E-state index in [9.17, 15) is 19.2 Å². The van der Waals surface area contributed by atoms with Crippen LogP contribution in [0.3, 0.4) is 0 Å². The van der Waals surface area contributed by atoms with Gasteiger partial charge >= 0.3 is 5.97 Å². The lowest BCUT2D eigenvalue weighted by molar-refractivity contribution is -0.123. The molecule has 36 heavy (non-hydrogen) atoms. The molecule has 1 aliphatic rings. The highest BCUT2D eigenvalue weighted by molar-refractivity contribution is 7.17. The van der Waals surface area contributed by atoms with E-state index < -0.39 is 18.0 Å². The van der Waals surface area contributed by atoms with Gasteiger partial charge in [0.05, 0.1) is 5.69 Å². The number of amides is 1. The smallest absolute Gasteiger partial charge is 0.351 e. The molecule has 1 N–H and O–H groups in total. The summed E-state index contributed by atoms with van der Waals surface area (Å²) in [6.07, 6.45) is -1.10. The van der Waals surface area contributed by atoms with Crippen LogP contribution in [-0.4, -0.2) is 34.5 Å². The van der Waals surface area contributed by atoms with Crippen LogP contribution < -0.4 is 5.32 Å². The van der Waals surface area contributed by atoms with E-state index in [1.807, 2.05) is 30.3 Å². The summed E-state index contributed by atoms with van der Waals surface area (Å²) in [6, 6.07) is 20.6. The van der Waals surface area contributed by atoms with E-state index in [1.54, 1.807) is 37.3 Å². The first-order valence-electron chi connectivity index (χ1n) is 11.2. The summed E-state index contributed by atoms with van der Waals surface area (Å²) in [5.41, 5.74) is 2.92. The summed E-state index contributed by atoms with van der Waals surface area (Å²) in [4.78, 5) is 56.0. The van der Waals surface area contributed by atoms with Gasteiger partial charge in [0.2, 0.25) is 0 Å². The average Bonchev–Trinajstić information content (AvgIpc) is 3.29. The molecule has 3 aromatic carbocycles. The Bertz CT molecular complexity index is 1540. The van der Waals surface area contributed by atoms with Gasteiger partial charge in [-0.15, -0.1) is 11.3 Å². The van der Waals surface area contributed by atoms with Crippen molar-refractivity contribution in [1.82, 2.24) is 4.98 Å². The molecule has 8 heteroatoms. The Labute approximate surface area is 210 Å². The fourth-order valence-corrected chi connectivity index (χ4v) is 4.93. The third kappa shape index (κ3) is 4.23. The predicted molar refractivity (Wildman–Crippen MR) is 136 cm³/mol. The summed E-state index contributed by atoms with van der Waals surface area (Å²) >= 11 is 1.20. The molecule has 0 radical (unpaired) electrons. The number of hydrogen-bond donors (Lipinski definition) is 1. The number of aromatic nitrogens is 1. The third-order valence-corrected chi connectivity index (χ3v) is 7.03. The minimum Gasteiger partial charge on any atom is -0.448 e. The van der Waals surface area contributed by atoms with Gasteiger partial charge in [-0.1, -0.05) is 54.6 Å². The first kappa shape index (κ1) is 23.3. The topological polar surface area (TPSA) is 102 Å². The molecule has 1 aliphatic carbocycles. The summed E-state index contributed by atoms with van der Waals surface area (Å²) < 4.78 is 5.40. The maximum absolute atomic E-state index is 12.9. The molecule has 7 nitrogen and oxygen atoms in total. The first-order chi connectivity index (χ1) is 17.3. The van der Waals surface area contributed by atoms with E-state index in [-0.39, 0.29) is 22.7 Å². The lowest BCUT2D eigenvalue weighted by atomic mass is 9.84. The Morgan fingerprint density at radius 1 is 0.861 bits per heavy atom. The zero-order chi connectivity index (χ0) is 25.4. The molecule has 0 bridgehead atoms. The Kier molecular flexibility index (Phi) is 6.03. The summed E-state index contributed by atoms with van der Waals surface area (Å²) in [5, 5.41) is 3.35. The van der Waals surface area contributed by atoms with Crippen molar-refractivity contribution in [3.05, 3.63) is 106 Å². The van der Waals surface area contributed by atoms with Crippen LogP contribution in [0, 0.1) is 6.92 Å². The van der Waals surface area contributed by atoms with Crippen LogP contribution in [0.4, 0.5) is 5.69 Å². The quantitative estimate of drug-likeness (QED) is 0.341. The number of carbonyl (C=O) groups excluding carboxylic acids is 4. The fraction of sp³-hybridized carbons (Fsp3) is 0.107. The van der Waals surface area contributed by atoms with Gasteiger partial charge in [0.1, 0.15) is 9.88 Å². The molecular weight excluding hydrogens is 476 g/mol. The second kappa shape index (κ2) is 9.31. The van der Waals surface area contributed by atoms with Crippen molar-refractivity contribution in [2.24, 2.45) is 0 Å². The molecular formula is C28H20N2O5S. The van der Waals surface area contributed by atoms with E-state index in [4.69, 9.17) is 4.74 Å². The number of hydrogen-bond acceptors (Lipinski definition) is 7. The van der Waals surface area contributed by atoms with Gasteiger partial charge < -0.3 is 10.1 Å². The zero-order valence-corrected chi connectivity index (χ0v) is 20.2. The third-order valence-electron chi connectivity index (χ3n) is 5.85. The summed E-state index contributed by atoms with van der Waals surface area (Å²) in [5.74, 6) is -1.73. The van der Waals surface area contributed by atoms with Crippen molar-refractivity contribution in [3.8, 4) is 10.6 Å². The summed E-state index contributed by atoms with van der Waals surface area (Å²) in [6.45, 7) is 3.18. The van der Waals surface area contributed by atoms with E-state index in [0.29, 0.717) is 32.4 Å². The largest absolute Gasteiger partial charge is 0.448 e. The second-order valence-electron chi connectivity index (χ2n) is 8.30. The molecule has 1 aromatic heterocycles. The first-order valence-corrected chi connectivity index (χ1v) is 12.0. The molecule has 178 valence electrons. The fourth-order valence-electron chi connectivity index (χ4n) is 3.98. The van der Waals surface area contributed by atoms with Crippen molar-refractivity contribution >= 4 is 40.5 Å². The highest BCUT2D eigenvalue weighted by Crippen LogP contribution is 2.30. The molecule has 0 spiro atoms. The maximum Gasteiger partial charge on any atom is 0.351 e. The highest BCUT2D eigenvalue weighted by atomic mass is 32.1. The van der Waals surface area contributed by atoms with Gasteiger partial charge in [0.25, 0.3) is 5.91 Å². The number of anilines is 1. The molecule has 1 atom stereocenters. The minimum absolute atomic E-state index is 0.217. The number of ether oxygens (including phenoxy) is 1. The van der Waals surface area contributed by atoms with Gasteiger partial charge in [-0.2, -0.15) is 0 Å². The van der Waals surface area contributed by atoms with Crippen molar-refractivity contribution in [2.75, 3.05) is 5.32 Å². The summed E-state index contributed by atoms with van der Waals surface area (Å²) in [7, 11) is 0. The van der Waals surface area contributed by atoms with Gasteiger partial charge in [-0.05, 0) is 32.0 Å². The van der Waals surface area contributed by atoms with Crippen LogP contribution >= 0.6 is 11.3 Å². The number of ketones is 2. The van der Waals surface area contributed by atoms with E-state index in [0.717, 1.165) is 5.56 Å². The number of aryl methyl sites for hydroxylation is 1. The van der Waals surface area contributed by atoms with Crippen LogP contribution in [0.25, 0.3) is 10.6 Å². The van der Waals surface area contributed by atoms with Crippen LogP contribution in [-0.2, 0) is 9.53 Å². The average molecular weight is 497 g/mol. The lowest BCUT2D eigenvalue weighted by Gasteiger charge is -2.19. The molecule has 0 fully saturated rings. The SMILES string of the molecule is Cc1nc(-c2ccccc2)sc1C(=O)OC(C)C(=O)Nc1ccc2c(c1)C(=O)c1ccccc1C2=O. The Morgan fingerprint density at radius 3 is 2.17 bits per heavy atom. The van der Waals surface area contributed by atoms with Crippen LogP contribution in [0.15, 0.2) is 72.8 Å². The van der Waals surface area contributed by atoms with E-state index in [2.05, 4.69) is 10.3 Å². The van der Waals surface area contributed by atoms with Crippen molar-refractivity contribution < 1.29 is 23.9 Å². The Balaban J connectivity index is 1.29. The standard InChI is InChI=1S/C28H20N2O5S/c1-15-25(36-27(29-15)17-8-4-3-5-9-17)28(34)35-16(2)26(33)30-18-12-13-21-22(14-18)24(32)20-11-7-6-10-19(20)23(21)31/h3-14,16H,1-2H3,(H,30,33). The van der Waals surface area contributed by atoms with Gasteiger partial charge in [-0.3, -0.25) is 14.4 Å². The van der Waals surface area contributed by atoms with Crippen molar-refractivity contribution in [3.63, 3.8) is 0 Å². The van der Waals surface area contributed by atoms with Crippen LogP contribution in [0.1, 0.15) is 54.1 Å². The van der Waals surface area contributed by atoms with E-state index in [1.165, 1.54) is 30.4 Å². The Hall–Kier alpha value is -4.43. The minimum atomic E-state index is -1.10. The molecule has 0 saturated carbocycles. The molecule has 1 amide bonds. The van der Waals surface area contributed by atoms with Crippen LogP contribution in [0.2, 0.25) is 0 Å². The molecule has 0 aliphatic heterocycles. The highest BCUT2D eigenvalue weighted by Gasteiger charge is 2.30. The number of thiazole rings is 1. The normalized spacial score (nSPS) is 12.9. The maximum atomic E-state index is 12.9. The number of rotatable bonds is 5. The lowest BCUT2D eigenvalue weighted by Crippen LogP contribution is -2.30. The number of esters is 1. The van der Waals surface area contributed by atoms with Gasteiger partial charge in [0, 0.05) is 33.5 Å². The van der Waals surface area contributed by atoms with Gasteiger partial charge in [-0.25, -0.2) is 9.78 Å². The van der Waals surface area contributed by atoms with E-state index >= 15 is 0 Å². The Morgan fingerprint density at radius 2 is 1.47 bits per heavy atom. The molecule has 1 unspecified atom stereocenters. The zero-order valence-electron chi connectivity index (χ0n) is 19.4. The molecule has 0 saturated heterocycles.